The first kappa shape index (κ1) is 16.8. The van der Waals surface area contributed by atoms with Gasteiger partial charge >= 0.3 is 6.03 Å². The van der Waals surface area contributed by atoms with E-state index in [1.807, 2.05) is 0 Å². The van der Waals surface area contributed by atoms with Crippen molar-refractivity contribution in [2.24, 2.45) is 0 Å². The highest BCUT2D eigenvalue weighted by Gasteiger charge is 2.29. The van der Waals surface area contributed by atoms with Crippen LogP contribution in [0.2, 0.25) is 0 Å². The number of aryl methyl sites for hydroxylation is 1. The third kappa shape index (κ3) is 5.31. The molecule has 0 spiro atoms. The monoisotopic (exact) mass is 306 g/mol. The molecule has 3 N–H and O–H groups in total. The first-order valence-electron chi connectivity index (χ1n) is 8.01. The van der Waals surface area contributed by atoms with Crippen LogP contribution in [0, 0.1) is 0 Å². The van der Waals surface area contributed by atoms with Gasteiger partial charge in [-0.25, -0.2) is 4.79 Å². The number of amides is 2. The summed E-state index contributed by atoms with van der Waals surface area (Å²) in [5.41, 5.74) is 1.70. The summed E-state index contributed by atoms with van der Waals surface area (Å²) >= 11 is 0. The van der Waals surface area contributed by atoms with E-state index >= 15 is 0 Å². The Bertz CT molecular complexity index is 467. The number of rotatable bonds is 6. The van der Waals surface area contributed by atoms with Crippen molar-refractivity contribution < 1.29 is 14.6 Å². The molecule has 1 aliphatic heterocycles. The number of aliphatic hydroxyl groups is 1. The molecule has 1 saturated heterocycles. The summed E-state index contributed by atoms with van der Waals surface area (Å²) < 4.78 is 5.21. The maximum Gasteiger partial charge on any atom is 0.314 e. The highest BCUT2D eigenvalue weighted by molar-refractivity contribution is 5.73. The second kappa shape index (κ2) is 8.15. The molecule has 0 radical (unpaired) electrons. The predicted octanol–water partition coefficient (Wildman–Crippen LogP) is 1.63. The fourth-order valence-corrected chi connectivity index (χ4v) is 2.50. The first-order chi connectivity index (χ1) is 10.6. The van der Waals surface area contributed by atoms with E-state index in [4.69, 9.17) is 4.74 Å². The van der Waals surface area contributed by atoms with Crippen LogP contribution < -0.4 is 10.6 Å². The van der Waals surface area contributed by atoms with Crippen LogP contribution in [-0.4, -0.2) is 43.0 Å². The average Bonchev–Trinajstić information content (AvgIpc) is 2.54. The van der Waals surface area contributed by atoms with Crippen molar-refractivity contribution in [2.45, 2.75) is 38.2 Å². The van der Waals surface area contributed by atoms with Gasteiger partial charge in [-0.2, -0.15) is 0 Å². The summed E-state index contributed by atoms with van der Waals surface area (Å²) in [4.78, 5) is 11.8. The molecule has 1 aromatic rings. The molecule has 5 nitrogen and oxygen atoms in total. The van der Waals surface area contributed by atoms with E-state index in [0.717, 1.165) is 12.8 Å². The number of urea groups is 1. The quantitative estimate of drug-likeness (QED) is 0.748. The third-order valence-corrected chi connectivity index (χ3v) is 4.13. The maximum absolute atomic E-state index is 11.8. The molecule has 2 rings (SSSR count). The zero-order valence-electron chi connectivity index (χ0n) is 13.2. The summed E-state index contributed by atoms with van der Waals surface area (Å²) in [6, 6.07) is 8.21. The Balaban J connectivity index is 1.64. The lowest BCUT2D eigenvalue weighted by atomic mass is 9.94. The van der Waals surface area contributed by atoms with Crippen LogP contribution in [-0.2, 0) is 17.6 Å². The zero-order valence-corrected chi connectivity index (χ0v) is 13.2. The van der Waals surface area contributed by atoms with E-state index in [2.05, 4.69) is 41.8 Å². The molecule has 0 aliphatic carbocycles. The Hall–Kier alpha value is -1.59. The lowest BCUT2D eigenvalue weighted by molar-refractivity contribution is -0.0600. The molecule has 1 fully saturated rings. The number of nitrogens with one attached hydrogen (secondary N) is 2. The van der Waals surface area contributed by atoms with Gasteiger partial charge in [0.1, 0.15) is 0 Å². The van der Waals surface area contributed by atoms with Crippen LogP contribution in [0.1, 0.15) is 30.9 Å². The van der Waals surface area contributed by atoms with Crippen LogP contribution in [0.5, 0.6) is 0 Å². The van der Waals surface area contributed by atoms with Crippen LogP contribution in [0.15, 0.2) is 24.3 Å². The molecular weight excluding hydrogens is 280 g/mol. The van der Waals surface area contributed by atoms with Crippen molar-refractivity contribution in [1.29, 1.82) is 0 Å². The standard InChI is InChI=1S/C17H26N2O3/c1-2-14-3-5-15(6-4-14)7-10-18-16(20)19-13-17(21)8-11-22-12-9-17/h3-6,21H,2,7-13H2,1H3,(H2,18,19,20). The third-order valence-electron chi connectivity index (χ3n) is 4.13. The summed E-state index contributed by atoms with van der Waals surface area (Å²) in [6.45, 7) is 4.08. The van der Waals surface area contributed by atoms with Crippen molar-refractivity contribution in [3.05, 3.63) is 35.4 Å². The molecule has 122 valence electrons. The van der Waals surface area contributed by atoms with Gasteiger partial charge in [0.05, 0.1) is 5.60 Å². The van der Waals surface area contributed by atoms with Gasteiger partial charge in [-0.15, -0.1) is 0 Å². The van der Waals surface area contributed by atoms with Gasteiger partial charge in [0.15, 0.2) is 0 Å². The van der Waals surface area contributed by atoms with E-state index in [0.29, 0.717) is 32.6 Å². The number of carbonyl (C=O) groups excluding carboxylic acids is 1. The molecule has 0 saturated carbocycles. The highest BCUT2D eigenvalue weighted by Crippen LogP contribution is 2.19. The van der Waals surface area contributed by atoms with Crippen molar-refractivity contribution in [3.63, 3.8) is 0 Å². The summed E-state index contributed by atoms with van der Waals surface area (Å²) in [5, 5.41) is 15.8. The zero-order chi connectivity index (χ0) is 15.8. The molecule has 0 unspecified atom stereocenters. The normalized spacial score (nSPS) is 17.0. The Kier molecular flexibility index (Phi) is 6.21. The SMILES string of the molecule is CCc1ccc(CCNC(=O)NCC2(O)CCOCC2)cc1. The second-order valence-electron chi connectivity index (χ2n) is 5.87. The molecule has 1 aliphatic rings. The minimum atomic E-state index is -0.828. The fraction of sp³-hybridized carbons (Fsp3) is 0.588. The molecule has 5 heteroatoms. The van der Waals surface area contributed by atoms with Gasteiger partial charge in [-0.1, -0.05) is 31.2 Å². The van der Waals surface area contributed by atoms with E-state index in [-0.39, 0.29) is 12.6 Å². The van der Waals surface area contributed by atoms with Crippen LogP contribution in [0.25, 0.3) is 0 Å². The van der Waals surface area contributed by atoms with Gasteiger partial charge < -0.3 is 20.5 Å². The van der Waals surface area contributed by atoms with Crippen molar-refractivity contribution >= 4 is 6.03 Å². The van der Waals surface area contributed by atoms with Crippen LogP contribution >= 0.6 is 0 Å². The Morgan fingerprint density at radius 3 is 2.45 bits per heavy atom. The minimum absolute atomic E-state index is 0.231. The van der Waals surface area contributed by atoms with Crippen molar-refractivity contribution in [1.82, 2.24) is 10.6 Å². The van der Waals surface area contributed by atoms with E-state index in [1.54, 1.807) is 0 Å². The van der Waals surface area contributed by atoms with E-state index < -0.39 is 5.60 Å². The van der Waals surface area contributed by atoms with Gasteiger partial charge in [0, 0.05) is 39.1 Å². The Labute approximate surface area is 132 Å². The van der Waals surface area contributed by atoms with Gasteiger partial charge in [-0.05, 0) is 24.0 Å². The molecule has 0 atom stereocenters. The average molecular weight is 306 g/mol. The molecular formula is C17H26N2O3. The number of hydrogen-bond acceptors (Lipinski definition) is 3. The van der Waals surface area contributed by atoms with Gasteiger partial charge in [0.2, 0.25) is 0 Å². The maximum atomic E-state index is 11.8. The molecule has 2 amide bonds. The predicted molar refractivity (Wildman–Crippen MR) is 85.9 cm³/mol. The second-order valence-corrected chi connectivity index (χ2v) is 5.87. The van der Waals surface area contributed by atoms with E-state index in [9.17, 15) is 9.90 Å². The molecule has 0 aromatic heterocycles. The number of benzene rings is 1. The number of ether oxygens (including phenoxy) is 1. The Morgan fingerprint density at radius 1 is 1.18 bits per heavy atom. The first-order valence-corrected chi connectivity index (χ1v) is 8.01. The summed E-state index contributed by atoms with van der Waals surface area (Å²) in [6.07, 6.45) is 2.97. The fourth-order valence-electron chi connectivity index (χ4n) is 2.50. The summed E-state index contributed by atoms with van der Waals surface area (Å²) in [7, 11) is 0. The van der Waals surface area contributed by atoms with Crippen molar-refractivity contribution in [2.75, 3.05) is 26.3 Å². The van der Waals surface area contributed by atoms with Crippen molar-refractivity contribution in [3.8, 4) is 0 Å². The number of hydrogen-bond donors (Lipinski definition) is 3. The lowest BCUT2D eigenvalue weighted by Gasteiger charge is -2.32. The minimum Gasteiger partial charge on any atom is -0.388 e. The highest BCUT2D eigenvalue weighted by atomic mass is 16.5. The smallest absolute Gasteiger partial charge is 0.314 e. The molecule has 22 heavy (non-hydrogen) atoms. The topological polar surface area (TPSA) is 70.6 Å². The number of carbonyl (C=O) groups is 1. The molecule has 1 aromatic carbocycles. The largest absolute Gasteiger partial charge is 0.388 e. The summed E-state index contributed by atoms with van der Waals surface area (Å²) in [5.74, 6) is 0. The van der Waals surface area contributed by atoms with Gasteiger partial charge in [0.25, 0.3) is 0 Å². The van der Waals surface area contributed by atoms with Gasteiger partial charge in [-0.3, -0.25) is 0 Å². The Morgan fingerprint density at radius 2 is 1.82 bits per heavy atom. The molecule has 1 heterocycles. The lowest BCUT2D eigenvalue weighted by Crippen LogP contribution is -2.49. The molecule has 0 bridgehead atoms. The van der Waals surface area contributed by atoms with E-state index in [1.165, 1.54) is 11.1 Å². The van der Waals surface area contributed by atoms with Crippen LogP contribution in [0.3, 0.4) is 0 Å². The van der Waals surface area contributed by atoms with Crippen LogP contribution in [0.4, 0.5) is 4.79 Å².